The van der Waals surface area contributed by atoms with Crippen molar-refractivity contribution in [2.24, 2.45) is 0 Å². The van der Waals surface area contributed by atoms with Gasteiger partial charge in [0.1, 0.15) is 0 Å². The van der Waals surface area contributed by atoms with E-state index < -0.39 is 4.92 Å². The molecular weight excluding hydrogens is 288 g/mol. The van der Waals surface area contributed by atoms with Crippen LogP contribution < -0.4 is 16.2 Å². The lowest BCUT2D eigenvalue weighted by molar-refractivity contribution is -0.384. The van der Waals surface area contributed by atoms with Crippen LogP contribution in [-0.2, 0) is 0 Å². The normalized spacial score (nSPS) is 9.76. The van der Waals surface area contributed by atoms with Crippen molar-refractivity contribution in [3.8, 4) is 0 Å². The predicted molar refractivity (Wildman–Crippen MR) is 87.3 cm³/mol. The van der Waals surface area contributed by atoms with Gasteiger partial charge in [0.25, 0.3) is 5.69 Å². The Balaban J connectivity index is 1.90. The van der Waals surface area contributed by atoms with Crippen LogP contribution in [0.4, 0.5) is 17.1 Å². The van der Waals surface area contributed by atoms with Crippen LogP contribution in [0.5, 0.6) is 0 Å². The minimum absolute atomic E-state index is 0.0132. The van der Waals surface area contributed by atoms with E-state index in [2.05, 4.69) is 16.2 Å². The number of benzene rings is 2. The molecule has 0 unspecified atom stereocenters. The number of nitrogens with one attached hydrogen (secondary N) is 3. The summed E-state index contributed by atoms with van der Waals surface area (Å²) in [6, 6.07) is 13.9. The second kappa shape index (κ2) is 6.67. The molecule has 0 aromatic heterocycles. The van der Waals surface area contributed by atoms with Crippen molar-refractivity contribution in [1.29, 1.82) is 0 Å². The molecule has 21 heavy (non-hydrogen) atoms. The van der Waals surface area contributed by atoms with E-state index in [-0.39, 0.29) is 5.69 Å². The van der Waals surface area contributed by atoms with E-state index >= 15 is 0 Å². The molecule has 3 N–H and O–H groups in total. The SMILES string of the molecule is Cc1ccc(NC(=S)NNc2cccc([N+](=O)[O-])c2)cc1. The predicted octanol–water partition coefficient (Wildman–Crippen LogP) is 3.22. The van der Waals surface area contributed by atoms with Crippen LogP contribution in [0.15, 0.2) is 48.5 Å². The van der Waals surface area contributed by atoms with E-state index in [0.29, 0.717) is 10.8 Å². The molecule has 0 radical (unpaired) electrons. The highest BCUT2D eigenvalue weighted by atomic mass is 32.1. The summed E-state index contributed by atoms with van der Waals surface area (Å²) in [5, 5.41) is 14.0. The number of thiocarbonyl (C=S) groups is 1. The number of hydrogen-bond donors (Lipinski definition) is 3. The molecule has 0 saturated carbocycles. The Morgan fingerprint density at radius 1 is 1.14 bits per heavy atom. The van der Waals surface area contributed by atoms with Crippen molar-refractivity contribution in [3.63, 3.8) is 0 Å². The Labute approximate surface area is 127 Å². The molecule has 0 fully saturated rings. The fourth-order valence-electron chi connectivity index (χ4n) is 1.63. The summed E-state index contributed by atoms with van der Waals surface area (Å²) < 4.78 is 0. The second-order valence-corrected chi connectivity index (χ2v) is 4.79. The maximum atomic E-state index is 10.7. The van der Waals surface area contributed by atoms with E-state index in [0.717, 1.165) is 11.3 Å². The van der Waals surface area contributed by atoms with Crippen LogP contribution in [0.2, 0.25) is 0 Å². The molecule has 0 aliphatic carbocycles. The number of aryl methyl sites for hydroxylation is 1. The molecule has 0 spiro atoms. The molecule has 2 rings (SSSR count). The third-order valence-corrected chi connectivity index (χ3v) is 2.89. The molecule has 0 saturated heterocycles. The summed E-state index contributed by atoms with van der Waals surface area (Å²) in [4.78, 5) is 10.2. The van der Waals surface area contributed by atoms with Crippen molar-refractivity contribution in [2.75, 3.05) is 10.7 Å². The maximum absolute atomic E-state index is 10.7. The van der Waals surface area contributed by atoms with Gasteiger partial charge in [-0.2, -0.15) is 0 Å². The van der Waals surface area contributed by atoms with E-state index in [1.807, 2.05) is 31.2 Å². The van der Waals surface area contributed by atoms with E-state index in [1.165, 1.54) is 12.1 Å². The van der Waals surface area contributed by atoms with Gasteiger partial charge in [-0.3, -0.25) is 21.0 Å². The molecule has 7 heteroatoms. The lowest BCUT2D eigenvalue weighted by Gasteiger charge is -2.12. The van der Waals surface area contributed by atoms with Crippen molar-refractivity contribution in [3.05, 3.63) is 64.2 Å². The molecule has 0 bridgehead atoms. The van der Waals surface area contributed by atoms with Gasteiger partial charge < -0.3 is 5.32 Å². The van der Waals surface area contributed by atoms with Gasteiger partial charge in [0.05, 0.1) is 10.6 Å². The highest BCUT2D eigenvalue weighted by Gasteiger charge is 2.05. The topological polar surface area (TPSA) is 79.2 Å². The molecule has 2 aromatic carbocycles. The zero-order valence-electron chi connectivity index (χ0n) is 11.3. The average molecular weight is 302 g/mol. The lowest BCUT2D eigenvalue weighted by atomic mass is 10.2. The van der Waals surface area contributed by atoms with Gasteiger partial charge in [-0.05, 0) is 37.3 Å². The fraction of sp³-hybridized carbons (Fsp3) is 0.0714. The second-order valence-electron chi connectivity index (χ2n) is 4.38. The molecule has 0 atom stereocenters. The number of rotatable bonds is 4. The minimum Gasteiger partial charge on any atom is -0.331 e. The fourth-order valence-corrected chi connectivity index (χ4v) is 1.79. The van der Waals surface area contributed by atoms with Gasteiger partial charge in [-0.15, -0.1) is 0 Å². The number of non-ortho nitro benzene ring substituents is 1. The van der Waals surface area contributed by atoms with Crippen LogP contribution in [0.1, 0.15) is 5.56 Å². The number of nitro groups is 1. The molecule has 0 amide bonds. The van der Waals surface area contributed by atoms with Gasteiger partial charge in [-0.1, -0.05) is 23.8 Å². The third kappa shape index (κ3) is 4.43. The molecule has 2 aromatic rings. The first-order chi connectivity index (χ1) is 10.0. The third-order valence-electron chi connectivity index (χ3n) is 2.69. The van der Waals surface area contributed by atoms with E-state index in [9.17, 15) is 10.1 Å². The Kier molecular flexibility index (Phi) is 4.68. The first-order valence-electron chi connectivity index (χ1n) is 6.19. The van der Waals surface area contributed by atoms with Crippen LogP contribution in [0.25, 0.3) is 0 Å². The highest BCUT2D eigenvalue weighted by Crippen LogP contribution is 2.16. The van der Waals surface area contributed by atoms with Crippen LogP contribution in [0.3, 0.4) is 0 Å². The standard InChI is InChI=1S/C14H14N4O2S/c1-10-5-7-11(8-6-10)15-14(21)17-16-12-3-2-4-13(9-12)18(19)20/h2-9,16H,1H3,(H2,15,17,21). The van der Waals surface area contributed by atoms with Crippen LogP contribution >= 0.6 is 12.2 Å². The maximum Gasteiger partial charge on any atom is 0.271 e. The molecule has 6 nitrogen and oxygen atoms in total. The van der Waals surface area contributed by atoms with Gasteiger partial charge in [-0.25, -0.2) is 0 Å². The molecule has 0 aliphatic rings. The van der Waals surface area contributed by atoms with Crippen molar-refractivity contribution in [1.82, 2.24) is 5.43 Å². The van der Waals surface area contributed by atoms with Gasteiger partial charge in [0, 0.05) is 17.8 Å². The number of hydrazine groups is 1. The number of nitrogens with zero attached hydrogens (tertiary/aromatic N) is 1. The van der Waals surface area contributed by atoms with E-state index in [1.54, 1.807) is 12.1 Å². The molecular formula is C14H14N4O2S. The molecule has 0 heterocycles. The quantitative estimate of drug-likeness (QED) is 0.457. The Hall–Kier alpha value is -2.67. The van der Waals surface area contributed by atoms with Gasteiger partial charge in [0.15, 0.2) is 5.11 Å². The van der Waals surface area contributed by atoms with Gasteiger partial charge >= 0.3 is 0 Å². The summed E-state index contributed by atoms with van der Waals surface area (Å²) in [6.45, 7) is 2.00. The zero-order chi connectivity index (χ0) is 15.2. The van der Waals surface area contributed by atoms with E-state index in [4.69, 9.17) is 12.2 Å². The van der Waals surface area contributed by atoms with Crippen molar-refractivity contribution < 1.29 is 4.92 Å². The number of anilines is 2. The zero-order valence-corrected chi connectivity index (χ0v) is 12.1. The highest BCUT2D eigenvalue weighted by molar-refractivity contribution is 7.80. The average Bonchev–Trinajstić information content (AvgIpc) is 2.48. The summed E-state index contributed by atoms with van der Waals surface area (Å²) >= 11 is 5.13. The monoisotopic (exact) mass is 302 g/mol. The van der Waals surface area contributed by atoms with Crippen molar-refractivity contribution in [2.45, 2.75) is 6.92 Å². The number of hydrogen-bond acceptors (Lipinski definition) is 4. The Bertz CT molecular complexity index is 658. The van der Waals surface area contributed by atoms with Crippen LogP contribution in [-0.4, -0.2) is 10.0 Å². The van der Waals surface area contributed by atoms with Gasteiger partial charge in [0.2, 0.25) is 0 Å². The minimum atomic E-state index is -0.450. The Morgan fingerprint density at radius 3 is 2.52 bits per heavy atom. The first kappa shape index (κ1) is 14.7. The number of nitro benzene ring substituents is 1. The molecule has 0 aliphatic heterocycles. The Morgan fingerprint density at radius 2 is 1.86 bits per heavy atom. The summed E-state index contributed by atoms with van der Waals surface area (Å²) in [5.74, 6) is 0. The summed E-state index contributed by atoms with van der Waals surface area (Å²) in [5.41, 5.74) is 8.18. The summed E-state index contributed by atoms with van der Waals surface area (Å²) in [6.07, 6.45) is 0. The lowest BCUT2D eigenvalue weighted by Crippen LogP contribution is -2.33. The smallest absolute Gasteiger partial charge is 0.271 e. The van der Waals surface area contributed by atoms with Crippen molar-refractivity contribution >= 4 is 34.4 Å². The molecule has 108 valence electrons. The van der Waals surface area contributed by atoms with Crippen LogP contribution in [0, 0.1) is 17.0 Å². The first-order valence-corrected chi connectivity index (χ1v) is 6.59. The summed E-state index contributed by atoms with van der Waals surface area (Å²) in [7, 11) is 0. The largest absolute Gasteiger partial charge is 0.331 e.